The standard InChI is InChI=1S/C12H11N5O/c1-8-4-9(13)2-3-11(8)18-10-5-12-16-14-7-17(12)15-6-10/h2-7H,13H2,1H3. The highest BCUT2D eigenvalue weighted by Crippen LogP contribution is 2.26. The summed E-state index contributed by atoms with van der Waals surface area (Å²) in [6.45, 7) is 1.94. The van der Waals surface area contributed by atoms with E-state index in [1.54, 1.807) is 22.8 Å². The summed E-state index contributed by atoms with van der Waals surface area (Å²) in [6, 6.07) is 7.26. The van der Waals surface area contributed by atoms with Gasteiger partial charge >= 0.3 is 0 Å². The fourth-order valence-electron chi connectivity index (χ4n) is 1.68. The van der Waals surface area contributed by atoms with Crippen molar-refractivity contribution in [2.75, 3.05) is 5.73 Å². The average Bonchev–Trinajstić information content (AvgIpc) is 2.80. The van der Waals surface area contributed by atoms with E-state index in [1.807, 2.05) is 19.1 Å². The first-order chi connectivity index (χ1) is 8.72. The molecule has 1 aromatic carbocycles. The number of rotatable bonds is 2. The van der Waals surface area contributed by atoms with Gasteiger partial charge in [-0.05, 0) is 30.7 Å². The molecule has 0 atom stereocenters. The number of benzene rings is 1. The van der Waals surface area contributed by atoms with Crippen molar-refractivity contribution >= 4 is 11.3 Å². The first-order valence-corrected chi connectivity index (χ1v) is 5.42. The molecule has 0 aliphatic carbocycles. The van der Waals surface area contributed by atoms with Crippen LogP contribution in [0, 0.1) is 6.92 Å². The lowest BCUT2D eigenvalue weighted by Crippen LogP contribution is -1.94. The van der Waals surface area contributed by atoms with Crippen LogP contribution in [0.3, 0.4) is 0 Å². The van der Waals surface area contributed by atoms with Crippen molar-refractivity contribution < 1.29 is 4.74 Å². The minimum absolute atomic E-state index is 0.614. The molecule has 2 N–H and O–H groups in total. The summed E-state index contributed by atoms with van der Waals surface area (Å²) in [5.74, 6) is 1.36. The van der Waals surface area contributed by atoms with Gasteiger partial charge in [0, 0.05) is 11.8 Å². The quantitative estimate of drug-likeness (QED) is 0.692. The Morgan fingerprint density at radius 1 is 1.28 bits per heavy atom. The highest BCUT2D eigenvalue weighted by molar-refractivity contribution is 5.49. The van der Waals surface area contributed by atoms with E-state index in [1.165, 1.54) is 6.33 Å². The molecule has 0 fully saturated rings. The molecule has 6 nitrogen and oxygen atoms in total. The summed E-state index contributed by atoms with van der Waals surface area (Å²) in [5.41, 5.74) is 8.01. The second kappa shape index (κ2) is 3.99. The van der Waals surface area contributed by atoms with E-state index >= 15 is 0 Å². The van der Waals surface area contributed by atoms with Crippen molar-refractivity contribution in [3.63, 3.8) is 0 Å². The molecular weight excluding hydrogens is 230 g/mol. The number of ether oxygens (including phenoxy) is 1. The number of anilines is 1. The van der Waals surface area contributed by atoms with Gasteiger partial charge in [-0.3, -0.25) is 0 Å². The minimum Gasteiger partial charge on any atom is -0.455 e. The number of nitrogens with zero attached hydrogens (tertiary/aromatic N) is 4. The van der Waals surface area contributed by atoms with Crippen LogP contribution in [0.4, 0.5) is 5.69 Å². The fourth-order valence-corrected chi connectivity index (χ4v) is 1.68. The average molecular weight is 241 g/mol. The lowest BCUT2D eigenvalue weighted by molar-refractivity contribution is 0.475. The van der Waals surface area contributed by atoms with Gasteiger partial charge in [0.05, 0.1) is 6.20 Å². The van der Waals surface area contributed by atoms with Gasteiger partial charge in [-0.15, -0.1) is 10.2 Å². The predicted molar refractivity (Wildman–Crippen MR) is 66.4 cm³/mol. The maximum atomic E-state index is 5.74. The van der Waals surface area contributed by atoms with Crippen LogP contribution in [0.2, 0.25) is 0 Å². The Morgan fingerprint density at radius 2 is 2.17 bits per heavy atom. The lowest BCUT2D eigenvalue weighted by atomic mass is 10.2. The van der Waals surface area contributed by atoms with Crippen LogP contribution in [-0.4, -0.2) is 19.8 Å². The van der Waals surface area contributed by atoms with Crippen LogP contribution in [0.25, 0.3) is 5.65 Å². The number of nitrogen functional groups attached to an aromatic ring is 1. The number of nitrogens with two attached hydrogens (primary N) is 1. The zero-order valence-corrected chi connectivity index (χ0v) is 9.74. The molecule has 0 aliphatic heterocycles. The van der Waals surface area contributed by atoms with Gasteiger partial charge in [-0.25, -0.2) is 4.52 Å². The van der Waals surface area contributed by atoms with Gasteiger partial charge in [-0.2, -0.15) is 5.10 Å². The summed E-state index contributed by atoms with van der Waals surface area (Å²) in [6.07, 6.45) is 3.15. The minimum atomic E-state index is 0.614. The first-order valence-electron chi connectivity index (χ1n) is 5.42. The van der Waals surface area contributed by atoms with Crippen molar-refractivity contribution in [3.05, 3.63) is 42.4 Å². The van der Waals surface area contributed by atoms with Crippen LogP contribution in [0.1, 0.15) is 5.56 Å². The molecule has 0 radical (unpaired) electrons. The first kappa shape index (κ1) is 10.5. The maximum Gasteiger partial charge on any atom is 0.181 e. The molecule has 2 aromatic heterocycles. The lowest BCUT2D eigenvalue weighted by Gasteiger charge is -2.08. The zero-order chi connectivity index (χ0) is 12.5. The van der Waals surface area contributed by atoms with Gasteiger partial charge in [0.15, 0.2) is 11.4 Å². The molecule has 0 saturated carbocycles. The number of aromatic nitrogens is 4. The Bertz CT molecular complexity index is 707. The Balaban J connectivity index is 1.95. The van der Waals surface area contributed by atoms with Crippen LogP contribution in [-0.2, 0) is 0 Å². The number of hydrogen-bond donors (Lipinski definition) is 1. The zero-order valence-electron chi connectivity index (χ0n) is 9.74. The Labute approximate surface area is 103 Å². The highest BCUT2D eigenvalue weighted by atomic mass is 16.5. The molecule has 3 aromatic rings. The van der Waals surface area contributed by atoms with Gasteiger partial charge in [0.25, 0.3) is 0 Å². The molecule has 0 aliphatic rings. The van der Waals surface area contributed by atoms with Crippen molar-refractivity contribution in [2.45, 2.75) is 6.92 Å². The summed E-state index contributed by atoms with van der Waals surface area (Å²) in [7, 11) is 0. The molecule has 0 saturated heterocycles. The fraction of sp³-hybridized carbons (Fsp3) is 0.0833. The summed E-state index contributed by atoms with van der Waals surface area (Å²) < 4.78 is 7.31. The molecule has 90 valence electrons. The van der Waals surface area contributed by atoms with Crippen LogP contribution in [0.15, 0.2) is 36.8 Å². The van der Waals surface area contributed by atoms with E-state index in [2.05, 4.69) is 15.3 Å². The number of hydrogen-bond acceptors (Lipinski definition) is 5. The van der Waals surface area contributed by atoms with Crippen molar-refractivity contribution in [1.82, 2.24) is 19.8 Å². The molecule has 18 heavy (non-hydrogen) atoms. The number of aryl methyl sites for hydroxylation is 1. The SMILES string of the molecule is Cc1cc(N)ccc1Oc1cnn2cnnc2c1. The Kier molecular flexibility index (Phi) is 2.33. The molecule has 0 amide bonds. The van der Waals surface area contributed by atoms with Crippen molar-refractivity contribution in [1.29, 1.82) is 0 Å². The summed E-state index contributed by atoms with van der Waals surface area (Å²) in [4.78, 5) is 0. The highest BCUT2D eigenvalue weighted by Gasteiger charge is 2.04. The van der Waals surface area contributed by atoms with Crippen LogP contribution in [0.5, 0.6) is 11.5 Å². The molecule has 3 rings (SSSR count). The predicted octanol–water partition coefficient (Wildman–Crippen LogP) is 1.81. The molecule has 0 bridgehead atoms. The van der Waals surface area contributed by atoms with Crippen molar-refractivity contribution in [3.8, 4) is 11.5 Å². The number of fused-ring (bicyclic) bond motifs is 1. The molecular formula is C12H11N5O. The van der Waals surface area contributed by atoms with E-state index in [-0.39, 0.29) is 0 Å². The molecule has 0 spiro atoms. The summed E-state index contributed by atoms with van der Waals surface area (Å²) >= 11 is 0. The molecule has 0 unspecified atom stereocenters. The van der Waals surface area contributed by atoms with Crippen LogP contribution < -0.4 is 10.5 Å². The van der Waals surface area contributed by atoms with E-state index in [0.29, 0.717) is 17.1 Å². The van der Waals surface area contributed by atoms with E-state index < -0.39 is 0 Å². The van der Waals surface area contributed by atoms with Gasteiger partial charge < -0.3 is 10.5 Å². The molecule has 6 heteroatoms. The van der Waals surface area contributed by atoms with E-state index in [4.69, 9.17) is 10.5 Å². The topological polar surface area (TPSA) is 78.3 Å². The largest absolute Gasteiger partial charge is 0.455 e. The van der Waals surface area contributed by atoms with Crippen molar-refractivity contribution in [2.24, 2.45) is 0 Å². The van der Waals surface area contributed by atoms with E-state index in [0.717, 1.165) is 11.3 Å². The monoisotopic (exact) mass is 241 g/mol. The Hall–Kier alpha value is -2.63. The van der Waals surface area contributed by atoms with Gasteiger partial charge in [-0.1, -0.05) is 0 Å². The normalized spacial score (nSPS) is 10.7. The summed E-state index contributed by atoms with van der Waals surface area (Å²) in [5, 5.41) is 11.8. The third-order valence-electron chi connectivity index (χ3n) is 2.56. The third kappa shape index (κ3) is 1.84. The molecule has 2 heterocycles. The smallest absolute Gasteiger partial charge is 0.181 e. The second-order valence-corrected chi connectivity index (χ2v) is 3.95. The third-order valence-corrected chi connectivity index (χ3v) is 2.56. The van der Waals surface area contributed by atoms with Gasteiger partial charge in [0.1, 0.15) is 12.1 Å². The maximum absolute atomic E-state index is 5.74. The van der Waals surface area contributed by atoms with Crippen LogP contribution >= 0.6 is 0 Å². The Morgan fingerprint density at radius 3 is 3.00 bits per heavy atom. The van der Waals surface area contributed by atoms with E-state index in [9.17, 15) is 0 Å². The second-order valence-electron chi connectivity index (χ2n) is 3.95. The van der Waals surface area contributed by atoms with Gasteiger partial charge in [0.2, 0.25) is 0 Å².